The molecule has 1 atom stereocenters. The molecule has 1 saturated heterocycles. The molecular weight excluding hydrogens is 262 g/mol. The van der Waals surface area contributed by atoms with Gasteiger partial charge in [0.2, 0.25) is 0 Å². The van der Waals surface area contributed by atoms with Crippen molar-refractivity contribution in [3.8, 4) is 6.07 Å². The quantitative estimate of drug-likeness (QED) is 0.871. The lowest BCUT2D eigenvalue weighted by Gasteiger charge is -2.20. The van der Waals surface area contributed by atoms with Gasteiger partial charge in [0.05, 0.1) is 17.9 Å². The molecule has 0 bridgehead atoms. The number of hydrogen-bond donors (Lipinski definition) is 1. The summed E-state index contributed by atoms with van der Waals surface area (Å²) in [5.74, 6) is 0.581. The third-order valence-corrected chi connectivity index (χ3v) is 4.38. The first kappa shape index (κ1) is 14.4. The third-order valence-electron chi connectivity index (χ3n) is 4.38. The van der Waals surface area contributed by atoms with Gasteiger partial charge < -0.3 is 15.0 Å². The van der Waals surface area contributed by atoms with Crippen LogP contribution in [0.4, 0.5) is 5.69 Å². The van der Waals surface area contributed by atoms with Gasteiger partial charge in [0.1, 0.15) is 6.07 Å². The van der Waals surface area contributed by atoms with E-state index in [1.807, 2.05) is 6.07 Å². The van der Waals surface area contributed by atoms with Crippen LogP contribution in [0.5, 0.6) is 0 Å². The van der Waals surface area contributed by atoms with Crippen LogP contribution in [0.3, 0.4) is 0 Å². The molecule has 1 aliphatic carbocycles. The van der Waals surface area contributed by atoms with Crippen LogP contribution in [0.2, 0.25) is 0 Å². The summed E-state index contributed by atoms with van der Waals surface area (Å²) in [6.45, 7) is 3.68. The van der Waals surface area contributed by atoms with Crippen LogP contribution in [-0.4, -0.2) is 32.8 Å². The highest BCUT2D eigenvalue weighted by molar-refractivity contribution is 5.61. The van der Waals surface area contributed by atoms with Crippen LogP contribution >= 0.6 is 0 Å². The van der Waals surface area contributed by atoms with Gasteiger partial charge in [-0.1, -0.05) is 6.07 Å². The molecule has 0 radical (unpaired) electrons. The van der Waals surface area contributed by atoms with Crippen LogP contribution in [0.15, 0.2) is 18.2 Å². The lowest BCUT2D eigenvalue weighted by molar-refractivity contribution is 0.161. The number of hydrogen-bond acceptors (Lipinski definition) is 4. The van der Waals surface area contributed by atoms with E-state index in [1.54, 1.807) is 7.11 Å². The number of ether oxygens (including phenoxy) is 1. The van der Waals surface area contributed by atoms with E-state index in [2.05, 4.69) is 28.4 Å². The summed E-state index contributed by atoms with van der Waals surface area (Å²) in [5, 5.41) is 12.9. The highest BCUT2D eigenvalue weighted by atomic mass is 16.5. The monoisotopic (exact) mass is 285 g/mol. The van der Waals surface area contributed by atoms with Crippen molar-refractivity contribution >= 4 is 5.69 Å². The Morgan fingerprint density at radius 3 is 2.95 bits per heavy atom. The Labute approximate surface area is 126 Å². The SMILES string of the molecule is COCC1CCN(c2ccc(CNC3CC3)cc2C#N)C1. The molecule has 2 fully saturated rings. The molecular formula is C17H23N3O. The van der Waals surface area contributed by atoms with Gasteiger partial charge in [-0.2, -0.15) is 5.26 Å². The normalized spacial score (nSPS) is 21.5. The van der Waals surface area contributed by atoms with Gasteiger partial charge in [-0.25, -0.2) is 0 Å². The van der Waals surface area contributed by atoms with Gasteiger partial charge in [0, 0.05) is 38.7 Å². The van der Waals surface area contributed by atoms with Gasteiger partial charge in [0.15, 0.2) is 0 Å². The molecule has 1 N–H and O–H groups in total. The first-order valence-corrected chi connectivity index (χ1v) is 7.80. The minimum absolute atomic E-state index is 0.581. The van der Waals surface area contributed by atoms with Crippen LogP contribution in [-0.2, 0) is 11.3 Å². The molecule has 0 aromatic heterocycles. The average molecular weight is 285 g/mol. The standard InChI is InChI=1S/C17H23N3O/c1-21-12-14-6-7-20(11-14)17-5-2-13(8-15(17)9-18)10-19-16-3-4-16/h2,5,8,14,16,19H,3-4,6-7,10-12H2,1H3. The molecule has 1 heterocycles. The molecule has 4 heteroatoms. The zero-order valence-corrected chi connectivity index (χ0v) is 12.6. The van der Waals surface area contributed by atoms with Crippen molar-refractivity contribution in [1.29, 1.82) is 5.26 Å². The Morgan fingerprint density at radius 2 is 2.24 bits per heavy atom. The van der Waals surface area contributed by atoms with E-state index in [4.69, 9.17) is 4.74 Å². The number of nitriles is 1. The number of methoxy groups -OCH3 is 1. The Bertz CT molecular complexity index is 533. The largest absolute Gasteiger partial charge is 0.384 e. The molecule has 3 rings (SSSR count). The maximum atomic E-state index is 9.44. The van der Waals surface area contributed by atoms with Crippen LogP contribution in [0.25, 0.3) is 0 Å². The fourth-order valence-electron chi connectivity index (χ4n) is 3.03. The van der Waals surface area contributed by atoms with E-state index < -0.39 is 0 Å². The van der Waals surface area contributed by atoms with Crippen LogP contribution in [0.1, 0.15) is 30.4 Å². The van der Waals surface area contributed by atoms with E-state index >= 15 is 0 Å². The summed E-state index contributed by atoms with van der Waals surface area (Å²) in [7, 11) is 1.75. The van der Waals surface area contributed by atoms with E-state index in [1.165, 1.54) is 18.4 Å². The van der Waals surface area contributed by atoms with E-state index in [0.29, 0.717) is 12.0 Å². The zero-order chi connectivity index (χ0) is 14.7. The summed E-state index contributed by atoms with van der Waals surface area (Å²) in [6.07, 6.45) is 3.72. The summed E-state index contributed by atoms with van der Waals surface area (Å²) in [6, 6.07) is 9.35. The topological polar surface area (TPSA) is 48.3 Å². The predicted octanol–water partition coefficient (Wildman–Crippen LogP) is 2.28. The molecule has 1 aliphatic heterocycles. The molecule has 112 valence electrons. The summed E-state index contributed by atoms with van der Waals surface area (Å²) >= 11 is 0. The molecule has 0 spiro atoms. The molecule has 0 amide bonds. The van der Waals surface area contributed by atoms with Gasteiger partial charge in [-0.15, -0.1) is 0 Å². The molecule has 2 aliphatic rings. The minimum atomic E-state index is 0.581. The average Bonchev–Trinajstić information content (AvgIpc) is 3.23. The van der Waals surface area contributed by atoms with Crippen LogP contribution in [0, 0.1) is 17.2 Å². The Balaban J connectivity index is 1.68. The first-order valence-electron chi connectivity index (χ1n) is 7.80. The number of rotatable bonds is 6. The van der Waals surface area contributed by atoms with Crippen molar-refractivity contribution in [1.82, 2.24) is 5.32 Å². The first-order chi connectivity index (χ1) is 10.3. The van der Waals surface area contributed by atoms with E-state index in [0.717, 1.165) is 43.9 Å². The second kappa shape index (κ2) is 6.46. The molecule has 4 nitrogen and oxygen atoms in total. The van der Waals surface area contributed by atoms with Crippen molar-refractivity contribution in [3.63, 3.8) is 0 Å². The highest BCUT2D eigenvalue weighted by Crippen LogP contribution is 2.28. The van der Waals surface area contributed by atoms with Gasteiger partial charge in [0.25, 0.3) is 0 Å². The molecule has 1 aromatic carbocycles. The fourth-order valence-corrected chi connectivity index (χ4v) is 3.03. The molecule has 1 saturated carbocycles. The second-order valence-corrected chi connectivity index (χ2v) is 6.17. The number of anilines is 1. The maximum absolute atomic E-state index is 9.44. The molecule has 21 heavy (non-hydrogen) atoms. The zero-order valence-electron chi connectivity index (χ0n) is 12.6. The van der Waals surface area contributed by atoms with E-state index in [9.17, 15) is 5.26 Å². The number of nitrogens with zero attached hydrogens (tertiary/aromatic N) is 2. The highest BCUT2D eigenvalue weighted by Gasteiger charge is 2.24. The predicted molar refractivity (Wildman–Crippen MR) is 83.2 cm³/mol. The third kappa shape index (κ3) is 3.55. The van der Waals surface area contributed by atoms with Gasteiger partial charge >= 0.3 is 0 Å². The minimum Gasteiger partial charge on any atom is -0.384 e. The van der Waals surface area contributed by atoms with Crippen molar-refractivity contribution in [2.24, 2.45) is 5.92 Å². The number of nitrogens with one attached hydrogen (secondary N) is 1. The Morgan fingerprint density at radius 1 is 1.38 bits per heavy atom. The molecule has 1 aromatic rings. The summed E-state index contributed by atoms with van der Waals surface area (Å²) < 4.78 is 5.25. The van der Waals surface area contributed by atoms with Gasteiger partial charge in [-0.3, -0.25) is 0 Å². The smallest absolute Gasteiger partial charge is 0.101 e. The maximum Gasteiger partial charge on any atom is 0.101 e. The number of benzene rings is 1. The van der Waals surface area contributed by atoms with E-state index in [-0.39, 0.29) is 0 Å². The van der Waals surface area contributed by atoms with Crippen molar-refractivity contribution in [2.75, 3.05) is 31.7 Å². The Hall–Kier alpha value is -1.57. The molecule has 1 unspecified atom stereocenters. The van der Waals surface area contributed by atoms with Gasteiger partial charge in [-0.05, 0) is 37.0 Å². The van der Waals surface area contributed by atoms with Crippen molar-refractivity contribution in [2.45, 2.75) is 31.8 Å². The van der Waals surface area contributed by atoms with Crippen LogP contribution < -0.4 is 10.2 Å². The summed E-state index contributed by atoms with van der Waals surface area (Å²) in [4.78, 5) is 2.32. The fraction of sp³-hybridized carbons (Fsp3) is 0.588. The Kier molecular flexibility index (Phi) is 4.42. The second-order valence-electron chi connectivity index (χ2n) is 6.17. The lowest BCUT2D eigenvalue weighted by atomic mass is 10.1. The lowest BCUT2D eigenvalue weighted by Crippen LogP contribution is -2.22. The summed E-state index contributed by atoms with van der Waals surface area (Å²) in [5.41, 5.74) is 3.07. The van der Waals surface area contributed by atoms with Crippen molar-refractivity contribution in [3.05, 3.63) is 29.3 Å². The van der Waals surface area contributed by atoms with Crippen molar-refractivity contribution < 1.29 is 4.74 Å².